The molecular weight excluding hydrogens is 255 g/mol. The van der Waals surface area contributed by atoms with Crippen LogP contribution in [0.2, 0.25) is 0 Å². The van der Waals surface area contributed by atoms with Gasteiger partial charge in [-0.2, -0.15) is 5.10 Å². The highest BCUT2D eigenvalue weighted by Gasteiger charge is 2.08. The van der Waals surface area contributed by atoms with Crippen LogP contribution in [0.4, 0.5) is 4.39 Å². The normalized spacial score (nSPS) is 11.2. The molecule has 0 fully saturated rings. The maximum absolute atomic E-state index is 13.2. The molecule has 3 heterocycles. The standard InChI is InChI=1S/C15H9FN4/c16-12-4-3-10-6-11(8-17-13(10)7-12)14-9-18-15-2-1-5-19-20(14)15/h1-9H. The molecule has 0 spiro atoms. The van der Waals surface area contributed by atoms with Gasteiger partial charge in [-0.25, -0.2) is 13.9 Å². The molecule has 4 aromatic rings. The van der Waals surface area contributed by atoms with Gasteiger partial charge in [-0.3, -0.25) is 4.98 Å². The fraction of sp³-hybridized carbons (Fsp3) is 0. The monoisotopic (exact) mass is 264 g/mol. The summed E-state index contributed by atoms with van der Waals surface area (Å²) in [4.78, 5) is 8.60. The minimum Gasteiger partial charge on any atom is -0.255 e. The topological polar surface area (TPSA) is 43.1 Å². The molecule has 0 radical (unpaired) electrons. The van der Waals surface area contributed by atoms with Gasteiger partial charge in [-0.05, 0) is 30.3 Å². The average molecular weight is 264 g/mol. The summed E-state index contributed by atoms with van der Waals surface area (Å²) in [6.45, 7) is 0. The lowest BCUT2D eigenvalue weighted by Crippen LogP contribution is -1.93. The zero-order valence-corrected chi connectivity index (χ0v) is 10.4. The number of hydrogen-bond donors (Lipinski definition) is 0. The molecule has 4 nitrogen and oxygen atoms in total. The Kier molecular flexibility index (Phi) is 2.26. The van der Waals surface area contributed by atoms with Crippen LogP contribution in [0, 0.1) is 5.82 Å². The molecule has 0 unspecified atom stereocenters. The van der Waals surface area contributed by atoms with Crippen LogP contribution >= 0.6 is 0 Å². The summed E-state index contributed by atoms with van der Waals surface area (Å²) < 4.78 is 14.9. The highest BCUT2D eigenvalue weighted by molar-refractivity contribution is 5.83. The first-order valence-corrected chi connectivity index (χ1v) is 6.16. The third-order valence-corrected chi connectivity index (χ3v) is 3.22. The largest absolute Gasteiger partial charge is 0.255 e. The number of pyridine rings is 1. The lowest BCUT2D eigenvalue weighted by Gasteiger charge is -2.03. The summed E-state index contributed by atoms with van der Waals surface area (Å²) in [6.07, 6.45) is 5.18. The van der Waals surface area contributed by atoms with Crippen molar-refractivity contribution in [3.05, 3.63) is 60.8 Å². The van der Waals surface area contributed by atoms with Crippen LogP contribution in [0.25, 0.3) is 27.8 Å². The predicted octanol–water partition coefficient (Wildman–Crippen LogP) is 3.08. The number of aromatic nitrogens is 4. The van der Waals surface area contributed by atoms with Crippen LogP contribution in [0.5, 0.6) is 0 Å². The van der Waals surface area contributed by atoms with E-state index in [1.54, 1.807) is 29.2 Å². The van der Waals surface area contributed by atoms with Crippen LogP contribution in [0.3, 0.4) is 0 Å². The van der Waals surface area contributed by atoms with E-state index in [-0.39, 0.29) is 5.82 Å². The van der Waals surface area contributed by atoms with E-state index in [1.165, 1.54) is 12.1 Å². The molecule has 3 aromatic heterocycles. The lowest BCUT2D eigenvalue weighted by molar-refractivity contribution is 0.629. The van der Waals surface area contributed by atoms with Gasteiger partial charge in [-0.15, -0.1) is 0 Å². The first-order valence-electron chi connectivity index (χ1n) is 6.16. The van der Waals surface area contributed by atoms with Gasteiger partial charge in [0.05, 0.1) is 17.4 Å². The van der Waals surface area contributed by atoms with Crippen LogP contribution in [-0.2, 0) is 0 Å². The molecule has 0 atom stereocenters. The number of benzene rings is 1. The summed E-state index contributed by atoms with van der Waals surface area (Å²) in [7, 11) is 0. The highest BCUT2D eigenvalue weighted by atomic mass is 19.1. The number of imidazole rings is 1. The van der Waals surface area contributed by atoms with Crippen molar-refractivity contribution in [3.8, 4) is 11.3 Å². The Balaban J connectivity index is 1.96. The minimum atomic E-state index is -0.283. The minimum absolute atomic E-state index is 0.283. The third kappa shape index (κ3) is 1.64. The zero-order valence-electron chi connectivity index (χ0n) is 10.4. The number of rotatable bonds is 1. The van der Waals surface area contributed by atoms with Crippen LogP contribution in [0.1, 0.15) is 0 Å². The van der Waals surface area contributed by atoms with E-state index in [2.05, 4.69) is 15.1 Å². The van der Waals surface area contributed by atoms with Crippen molar-refractivity contribution in [2.45, 2.75) is 0 Å². The number of halogens is 1. The summed E-state index contributed by atoms with van der Waals surface area (Å²) in [5.41, 5.74) is 3.17. The summed E-state index contributed by atoms with van der Waals surface area (Å²) in [6, 6.07) is 10.3. The molecule has 20 heavy (non-hydrogen) atoms. The van der Waals surface area contributed by atoms with Gasteiger partial charge in [0, 0.05) is 29.4 Å². The van der Waals surface area contributed by atoms with Crippen molar-refractivity contribution in [1.82, 2.24) is 19.6 Å². The van der Waals surface area contributed by atoms with Crippen molar-refractivity contribution in [1.29, 1.82) is 0 Å². The smallest absolute Gasteiger partial charge is 0.154 e. The molecule has 0 saturated carbocycles. The molecule has 0 amide bonds. The summed E-state index contributed by atoms with van der Waals surface area (Å²) >= 11 is 0. The second-order valence-electron chi connectivity index (χ2n) is 4.50. The third-order valence-electron chi connectivity index (χ3n) is 3.22. The van der Waals surface area contributed by atoms with Gasteiger partial charge in [0.25, 0.3) is 0 Å². The van der Waals surface area contributed by atoms with Crippen molar-refractivity contribution in [2.24, 2.45) is 0 Å². The van der Waals surface area contributed by atoms with Gasteiger partial charge >= 0.3 is 0 Å². The van der Waals surface area contributed by atoms with E-state index >= 15 is 0 Å². The number of fused-ring (bicyclic) bond motifs is 2. The molecule has 0 N–H and O–H groups in total. The Morgan fingerprint density at radius 2 is 1.95 bits per heavy atom. The van der Waals surface area contributed by atoms with E-state index < -0.39 is 0 Å². The molecule has 0 aliphatic heterocycles. The molecule has 96 valence electrons. The Morgan fingerprint density at radius 1 is 1.00 bits per heavy atom. The molecule has 0 bridgehead atoms. The highest BCUT2D eigenvalue weighted by Crippen LogP contribution is 2.23. The lowest BCUT2D eigenvalue weighted by atomic mass is 10.1. The first kappa shape index (κ1) is 11.0. The molecule has 1 aromatic carbocycles. The molecule has 5 heteroatoms. The SMILES string of the molecule is Fc1ccc2cc(-c3cnc4cccnn34)cnc2c1. The maximum Gasteiger partial charge on any atom is 0.154 e. The summed E-state index contributed by atoms with van der Waals surface area (Å²) in [5, 5.41) is 5.16. The molecule has 0 aliphatic carbocycles. The fourth-order valence-electron chi connectivity index (χ4n) is 2.26. The quantitative estimate of drug-likeness (QED) is 0.530. The van der Waals surface area contributed by atoms with Gasteiger partial charge in [0.1, 0.15) is 5.82 Å². The van der Waals surface area contributed by atoms with E-state index in [0.717, 1.165) is 22.3 Å². The second kappa shape index (κ2) is 4.09. The Labute approximate surface area is 113 Å². The van der Waals surface area contributed by atoms with Crippen LogP contribution in [-0.4, -0.2) is 19.6 Å². The molecular formula is C15H9FN4. The number of hydrogen-bond acceptors (Lipinski definition) is 3. The summed E-state index contributed by atoms with van der Waals surface area (Å²) in [5.74, 6) is -0.283. The van der Waals surface area contributed by atoms with Crippen molar-refractivity contribution in [2.75, 3.05) is 0 Å². The maximum atomic E-state index is 13.2. The van der Waals surface area contributed by atoms with Crippen molar-refractivity contribution >= 4 is 16.6 Å². The Bertz CT molecular complexity index is 929. The average Bonchev–Trinajstić information content (AvgIpc) is 2.91. The molecule has 0 aliphatic rings. The van der Waals surface area contributed by atoms with Gasteiger partial charge in [0.15, 0.2) is 5.65 Å². The fourth-order valence-corrected chi connectivity index (χ4v) is 2.26. The van der Waals surface area contributed by atoms with E-state index in [4.69, 9.17) is 0 Å². The van der Waals surface area contributed by atoms with Gasteiger partial charge in [-0.1, -0.05) is 0 Å². The molecule has 4 rings (SSSR count). The van der Waals surface area contributed by atoms with E-state index in [0.29, 0.717) is 5.52 Å². The first-order chi connectivity index (χ1) is 9.81. The predicted molar refractivity (Wildman–Crippen MR) is 73.7 cm³/mol. The van der Waals surface area contributed by atoms with Crippen LogP contribution < -0.4 is 0 Å². The molecule has 0 saturated heterocycles. The van der Waals surface area contributed by atoms with E-state index in [1.807, 2.05) is 18.2 Å². The van der Waals surface area contributed by atoms with Crippen molar-refractivity contribution in [3.63, 3.8) is 0 Å². The van der Waals surface area contributed by atoms with Crippen molar-refractivity contribution < 1.29 is 4.39 Å². The number of nitrogens with zero attached hydrogens (tertiary/aromatic N) is 4. The van der Waals surface area contributed by atoms with Gasteiger partial charge in [0.2, 0.25) is 0 Å². The zero-order chi connectivity index (χ0) is 13.5. The van der Waals surface area contributed by atoms with E-state index in [9.17, 15) is 4.39 Å². The Morgan fingerprint density at radius 3 is 2.90 bits per heavy atom. The van der Waals surface area contributed by atoms with Gasteiger partial charge < -0.3 is 0 Å². The Hall–Kier alpha value is -2.82. The van der Waals surface area contributed by atoms with Crippen LogP contribution in [0.15, 0.2) is 55.0 Å². The second-order valence-corrected chi connectivity index (χ2v) is 4.50.